The number of carboxylic acid groups (broad SMARTS) is 2. The summed E-state index contributed by atoms with van der Waals surface area (Å²) < 4.78 is 62.1. The second kappa shape index (κ2) is 22.2. The number of alkyl halides is 6. The van der Waals surface area contributed by atoms with Crippen molar-refractivity contribution in [2.45, 2.75) is 65.5 Å². The molecule has 0 atom stereocenters. The molecule has 1 heterocycles. The fourth-order valence-corrected chi connectivity index (χ4v) is 4.52. The Morgan fingerprint density at radius 2 is 1.54 bits per heavy atom. The van der Waals surface area contributed by atoms with E-state index in [2.05, 4.69) is 40.6 Å². The van der Waals surface area contributed by atoms with E-state index in [1.165, 1.54) is 10.8 Å². The number of nitrogen functional groups attached to an aromatic ring is 2. The molecule has 1 aromatic heterocycles. The predicted molar refractivity (Wildman–Crippen MR) is 192 cm³/mol. The first kappa shape index (κ1) is 48.1. The third-order valence-corrected chi connectivity index (χ3v) is 7.31. The van der Waals surface area contributed by atoms with Crippen LogP contribution in [0.15, 0.2) is 53.5 Å². The maximum atomic E-state index is 13.4. The van der Waals surface area contributed by atoms with E-state index in [0.29, 0.717) is 34.2 Å². The number of nitrogens with two attached hydrogens (primary N) is 2. The van der Waals surface area contributed by atoms with Crippen molar-refractivity contribution < 1.29 is 55.7 Å². The Hall–Kier alpha value is -5.93. The number of halogens is 6. The fraction of sp³-hybridized carbons (Fsp3) is 0.344. The molecule has 22 heteroatoms. The Morgan fingerprint density at radius 1 is 1.02 bits per heavy atom. The van der Waals surface area contributed by atoms with Crippen molar-refractivity contribution in [2.24, 2.45) is 5.73 Å². The first-order valence-corrected chi connectivity index (χ1v) is 19.1. The fourth-order valence-electron chi connectivity index (χ4n) is 3.83. The molecule has 0 aliphatic heterocycles. The SMILES string of the molecule is CC(C)Nc1ncc(-c2cc(N)cc(C(=O)NC[Si](C)(C)C)c2)n(CC(=O)NCc2ccc(C(=N)N)cc2)c1=O.FC(F)F.O=C(O)C(F)(F)F.O=CO. The van der Waals surface area contributed by atoms with Crippen LogP contribution in [-0.2, 0) is 27.5 Å². The van der Waals surface area contributed by atoms with Gasteiger partial charge in [0.2, 0.25) is 5.91 Å². The molecule has 10 N–H and O–H groups in total. The number of nitrogens with zero attached hydrogens (tertiary/aromatic N) is 2. The van der Waals surface area contributed by atoms with Gasteiger partial charge < -0.3 is 37.6 Å². The highest BCUT2D eigenvalue weighted by Crippen LogP contribution is 2.24. The number of aromatic nitrogens is 2. The Morgan fingerprint density at radius 3 is 1.98 bits per heavy atom. The van der Waals surface area contributed by atoms with Crippen molar-refractivity contribution in [1.82, 2.24) is 20.2 Å². The highest BCUT2D eigenvalue weighted by atomic mass is 28.3. The lowest BCUT2D eigenvalue weighted by molar-refractivity contribution is -0.192. The summed E-state index contributed by atoms with van der Waals surface area (Å²) in [5, 5.41) is 30.3. The number of amidine groups is 1. The molecule has 0 aliphatic carbocycles. The summed E-state index contributed by atoms with van der Waals surface area (Å²) in [6.07, 6.45) is -2.98. The molecule has 15 nitrogen and oxygen atoms in total. The van der Waals surface area contributed by atoms with Gasteiger partial charge in [-0.2, -0.15) is 26.3 Å². The number of hydrogen-bond donors (Lipinski definition) is 8. The molecule has 0 unspecified atom stereocenters. The summed E-state index contributed by atoms with van der Waals surface area (Å²) in [7, 11) is -1.52. The summed E-state index contributed by atoms with van der Waals surface area (Å²) >= 11 is 0. The van der Waals surface area contributed by atoms with Crippen LogP contribution in [0, 0.1) is 5.41 Å². The average molecular weight is 793 g/mol. The summed E-state index contributed by atoms with van der Waals surface area (Å²) in [5.41, 5.74) is 14.1. The first-order chi connectivity index (χ1) is 24.8. The minimum Gasteiger partial charge on any atom is -0.483 e. The van der Waals surface area contributed by atoms with E-state index in [1.54, 1.807) is 42.5 Å². The number of carbonyl (C=O) groups excluding carboxylic acids is 2. The lowest BCUT2D eigenvalue weighted by Crippen LogP contribution is -2.39. The van der Waals surface area contributed by atoms with E-state index < -0.39 is 38.4 Å². The van der Waals surface area contributed by atoms with Gasteiger partial charge in [-0.3, -0.25) is 29.2 Å². The topological polar surface area (TPSA) is 256 Å². The number of carbonyl (C=O) groups is 4. The minimum absolute atomic E-state index is 0.0377. The lowest BCUT2D eigenvalue weighted by Gasteiger charge is -2.18. The van der Waals surface area contributed by atoms with E-state index in [0.717, 1.165) is 5.56 Å². The molecule has 54 heavy (non-hydrogen) atoms. The highest BCUT2D eigenvalue weighted by molar-refractivity contribution is 6.76. The number of nitrogens with one attached hydrogen (secondary N) is 4. The van der Waals surface area contributed by atoms with Gasteiger partial charge in [-0.05, 0) is 37.6 Å². The molecule has 3 rings (SSSR count). The monoisotopic (exact) mass is 792 g/mol. The third-order valence-electron chi connectivity index (χ3n) is 6.07. The Kier molecular flexibility index (Phi) is 19.8. The largest absolute Gasteiger partial charge is 0.490 e. The summed E-state index contributed by atoms with van der Waals surface area (Å²) in [5.74, 6) is -3.33. The molecule has 0 aliphatic rings. The number of amides is 2. The maximum absolute atomic E-state index is 13.4. The average Bonchev–Trinajstić information content (AvgIpc) is 3.04. The van der Waals surface area contributed by atoms with Crippen LogP contribution in [0.4, 0.5) is 37.8 Å². The van der Waals surface area contributed by atoms with Gasteiger partial charge in [-0.25, -0.2) is 9.78 Å². The molecule has 0 bridgehead atoms. The Balaban J connectivity index is 0.00000171. The molecule has 2 aromatic carbocycles. The molecular weight excluding hydrogens is 750 g/mol. The quantitative estimate of drug-likeness (QED) is 0.0344. The predicted octanol–water partition coefficient (Wildman–Crippen LogP) is 4.03. The van der Waals surface area contributed by atoms with Crippen molar-refractivity contribution in [3.8, 4) is 11.3 Å². The van der Waals surface area contributed by atoms with Crippen LogP contribution < -0.4 is 33.0 Å². The van der Waals surface area contributed by atoms with Crippen LogP contribution in [0.1, 0.15) is 35.3 Å². The molecule has 2 amide bonds. The van der Waals surface area contributed by atoms with Crippen LogP contribution in [0.3, 0.4) is 0 Å². The molecule has 0 saturated carbocycles. The van der Waals surface area contributed by atoms with Gasteiger partial charge in [0.15, 0.2) is 5.82 Å². The maximum Gasteiger partial charge on any atom is 0.490 e. The van der Waals surface area contributed by atoms with Gasteiger partial charge in [0.05, 0.1) is 20.0 Å². The summed E-state index contributed by atoms with van der Waals surface area (Å²) in [6, 6.07) is 11.8. The Bertz CT molecular complexity index is 1780. The van der Waals surface area contributed by atoms with Gasteiger partial charge in [0.25, 0.3) is 17.9 Å². The first-order valence-electron chi connectivity index (χ1n) is 15.4. The second-order valence-electron chi connectivity index (χ2n) is 12.3. The molecule has 0 spiro atoms. The van der Waals surface area contributed by atoms with E-state index in [-0.39, 0.29) is 43.2 Å². The standard InChI is InChI=1S/C28H38N8O3Si.C2HF3O2.CHF3.CH2O2/c1-17(2)35-26-28(39)36(15-24(37)32-13-18-6-8-19(9-7-18)25(30)31)23(14-33-26)20-10-21(12-22(29)11-20)27(38)34-16-40(3,4)5;3-2(4,5)1(6)7;2-1(3)4;2-1-3/h6-12,14,17H,13,15-16,29H2,1-5H3,(H3,30,31)(H,32,37)(H,33,35)(H,34,38);(H,6,7);1H;1H,(H,2,3). The van der Waals surface area contributed by atoms with Gasteiger partial charge in [-0.1, -0.05) is 43.9 Å². The van der Waals surface area contributed by atoms with Crippen LogP contribution in [-0.4, -0.2) is 83.0 Å². The number of anilines is 2. The van der Waals surface area contributed by atoms with Crippen LogP contribution in [0.2, 0.25) is 19.6 Å². The number of rotatable bonds is 11. The van der Waals surface area contributed by atoms with Crippen molar-refractivity contribution in [2.75, 3.05) is 17.2 Å². The van der Waals surface area contributed by atoms with E-state index >= 15 is 0 Å². The minimum atomic E-state index is -5.08. The van der Waals surface area contributed by atoms with Gasteiger partial charge in [0, 0.05) is 41.1 Å². The normalized spacial score (nSPS) is 10.7. The molecule has 3 aromatic rings. The van der Waals surface area contributed by atoms with Crippen molar-refractivity contribution in [1.29, 1.82) is 5.41 Å². The molecule has 0 saturated heterocycles. The smallest absolute Gasteiger partial charge is 0.483 e. The Labute approximate surface area is 306 Å². The lowest BCUT2D eigenvalue weighted by atomic mass is 10.1. The summed E-state index contributed by atoms with van der Waals surface area (Å²) in [6.45, 7) is 6.26. The van der Waals surface area contributed by atoms with Crippen molar-refractivity contribution >= 4 is 49.7 Å². The molecular formula is C32H42F6N8O7Si. The van der Waals surface area contributed by atoms with E-state index in [1.807, 2.05) is 13.8 Å². The zero-order valence-electron chi connectivity index (χ0n) is 29.7. The van der Waals surface area contributed by atoms with Crippen LogP contribution in [0.25, 0.3) is 11.3 Å². The van der Waals surface area contributed by atoms with Gasteiger partial charge in [-0.15, -0.1) is 0 Å². The molecule has 298 valence electrons. The zero-order valence-corrected chi connectivity index (χ0v) is 30.7. The highest BCUT2D eigenvalue weighted by Gasteiger charge is 2.38. The van der Waals surface area contributed by atoms with Crippen molar-refractivity contribution in [3.05, 3.63) is 75.7 Å². The van der Waals surface area contributed by atoms with E-state index in [4.69, 9.17) is 36.7 Å². The number of benzene rings is 2. The molecule has 0 radical (unpaired) electrons. The second-order valence-corrected chi connectivity index (χ2v) is 17.8. The number of carboxylic acids is 1. The van der Waals surface area contributed by atoms with Crippen LogP contribution >= 0.6 is 0 Å². The van der Waals surface area contributed by atoms with Gasteiger partial charge in [0.1, 0.15) is 12.4 Å². The zero-order chi connectivity index (χ0) is 42.0. The third kappa shape index (κ3) is 19.1. The van der Waals surface area contributed by atoms with Crippen LogP contribution in [0.5, 0.6) is 0 Å². The number of hydrogen-bond acceptors (Lipinski definition) is 9. The van der Waals surface area contributed by atoms with E-state index in [9.17, 15) is 40.7 Å². The van der Waals surface area contributed by atoms with Gasteiger partial charge >= 0.3 is 18.8 Å². The molecule has 0 fully saturated rings. The van der Waals surface area contributed by atoms with Crippen molar-refractivity contribution in [3.63, 3.8) is 0 Å². The number of aliphatic carboxylic acids is 1. The summed E-state index contributed by atoms with van der Waals surface area (Å²) in [4.78, 5) is 60.9.